The molecule has 1 aliphatic heterocycles. The van der Waals surface area contributed by atoms with Crippen LogP contribution >= 0.6 is 12.2 Å². The van der Waals surface area contributed by atoms with E-state index in [4.69, 9.17) is 12.2 Å². The number of likely N-dealkylation sites (N-methyl/N-ethyl adjacent to an activating group) is 1. The summed E-state index contributed by atoms with van der Waals surface area (Å²) in [5, 5.41) is 14.3. The molecule has 1 radical (unpaired) electrons. The number of imide groups is 1. The second-order valence-electron chi connectivity index (χ2n) is 4.93. The van der Waals surface area contributed by atoms with E-state index in [0.717, 1.165) is 4.90 Å². The van der Waals surface area contributed by atoms with Crippen molar-refractivity contribution in [3.63, 3.8) is 0 Å². The van der Waals surface area contributed by atoms with Crippen molar-refractivity contribution in [3.8, 4) is 5.75 Å². The maximum absolute atomic E-state index is 12.2. The smallest absolute Gasteiger partial charge is 0.325 e. The summed E-state index contributed by atoms with van der Waals surface area (Å²) < 4.78 is 0. The topological polar surface area (TPSA) is 89.9 Å². The Morgan fingerprint density at radius 2 is 1.96 bits per heavy atom. The van der Waals surface area contributed by atoms with E-state index < -0.39 is 23.9 Å². The van der Waals surface area contributed by atoms with Crippen molar-refractivity contribution < 1.29 is 19.5 Å². The Morgan fingerprint density at radius 1 is 1.30 bits per heavy atom. The molecule has 1 aromatic rings. The maximum Gasteiger partial charge on any atom is 0.325 e. The first-order chi connectivity index (χ1) is 11.0. The molecular formula is C15H16N3O4S. The van der Waals surface area contributed by atoms with Crippen LogP contribution in [0.5, 0.6) is 5.75 Å². The van der Waals surface area contributed by atoms with E-state index in [-0.39, 0.29) is 12.3 Å². The summed E-state index contributed by atoms with van der Waals surface area (Å²) >= 11 is 4.79. The van der Waals surface area contributed by atoms with Gasteiger partial charge in [0.1, 0.15) is 5.75 Å². The van der Waals surface area contributed by atoms with Crippen LogP contribution in [0.25, 0.3) is 0 Å². The predicted molar refractivity (Wildman–Crippen MR) is 85.9 cm³/mol. The highest BCUT2D eigenvalue weighted by Gasteiger charge is 2.35. The highest BCUT2D eigenvalue weighted by molar-refractivity contribution is 7.79. The fourth-order valence-corrected chi connectivity index (χ4v) is 2.41. The van der Waals surface area contributed by atoms with Crippen LogP contribution in [0.2, 0.25) is 0 Å². The third kappa shape index (κ3) is 3.65. The summed E-state index contributed by atoms with van der Waals surface area (Å²) in [5.74, 6) is -1.47. The predicted octanol–water partition coefficient (Wildman–Crippen LogP) is 0.710. The Hall–Kier alpha value is -2.48. The summed E-state index contributed by atoms with van der Waals surface area (Å²) in [5.41, 5.74) is 0.608. The number of carbonyl (C=O) groups is 3. The number of phenols is 1. The van der Waals surface area contributed by atoms with Crippen molar-refractivity contribution >= 4 is 35.4 Å². The standard InChI is InChI=1S/C15H16N3O4S/c1-2-17-7-8-18(14(21)13(17)20)15(22)16-12(9-23)10-3-5-11(19)6-4-10/h3-6,12,19H,2,7-8H2,1H3,(H,16,22). The minimum absolute atomic E-state index is 0.0830. The van der Waals surface area contributed by atoms with E-state index in [9.17, 15) is 19.5 Å². The maximum atomic E-state index is 12.2. The average Bonchev–Trinajstić information content (AvgIpc) is 2.55. The van der Waals surface area contributed by atoms with Crippen LogP contribution in [-0.2, 0) is 9.59 Å². The molecule has 121 valence electrons. The number of benzene rings is 1. The molecule has 1 atom stereocenters. The second kappa shape index (κ2) is 7.19. The zero-order valence-corrected chi connectivity index (χ0v) is 13.3. The van der Waals surface area contributed by atoms with Crippen molar-refractivity contribution in [2.24, 2.45) is 0 Å². The van der Waals surface area contributed by atoms with Gasteiger partial charge < -0.3 is 15.3 Å². The number of thiocarbonyl (C=S) groups is 1. The first-order valence-electron chi connectivity index (χ1n) is 7.05. The zero-order chi connectivity index (χ0) is 17.0. The number of nitrogens with one attached hydrogen (secondary N) is 1. The summed E-state index contributed by atoms with van der Waals surface area (Å²) in [6.45, 7) is 2.62. The van der Waals surface area contributed by atoms with Gasteiger partial charge in [0, 0.05) is 19.6 Å². The van der Waals surface area contributed by atoms with Crippen molar-refractivity contribution in [1.82, 2.24) is 15.1 Å². The molecule has 1 saturated heterocycles. The molecule has 1 fully saturated rings. The van der Waals surface area contributed by atoms with Crippen molar-refractivity contribution in [1.29, 1.82) is 0 Å². The Kier molecular flexibility index (Phi) is 5.28. The van der Waals surface area contributed by atoms with Crippen molar-refractivity contribution in [3.05, 3.63) is 29.8 Å². The van der Waals surface area contributed by atoms with Crippen LogP contribution in [0.15, 0.2) is 24.3 Å². The first kappa shape index (κ1) is 16.9. The highest BCUT2D eigenvalue weighted by atomic mass is 32.1. The number of aromatic hydroxyl groups is 1. The molecule has 7 nitrogen and oxygen atoms in total. The molecule has 1 aliphatic rings. The molecule has 2 rings (SSSR count). The summed E-state index contributed by atoms with van der Waals surface area (Å²) in [7, 11) is 0. The van der Waals surface area contributed by atoms with Gasteiger partial charge in [-0.15, -0.1) is 0 Å². The van der Waals surface area contributed by atoms with Gasteiger partial charge >= 0.3 is 17.8 Å². The van der Waals surface area contributed by atoms with Crippen LogP contribution in [0.1, 0.15) is 18.5 Å². The Morgan fingerprint density at radius 3 is 2.52 bits per heavy atom. The van der Waals surface area contributed by atoms with E-state index in [1.54, 1.807) is 19.1 Å². The normalized spacial score (nSPS) is 16.2. The molecule has 0 bridgehead atoms. The number of amides is 4. The molecular weight excluding hydrogens is 318 g/mol. The largest absolute Gasteiger partial charge is 0.508 e. The number of piperazine rings is 1. The van der Waals surface area contributed by atoms with E-state index in [1.807, 2.05) is 0 Å². The van der Waals surface area contributed by atoms with Gasteiger partial charge in [-0.2, -0.15) is 0 Å². The van der Waals surface area contributed by atoms with Crippen molar-refractivity contribution in [2.45, 2.75) is 13.0 Å². The monoisotopic (exact) mass is 334 g/mol. The second-order valence-corrected chi connectivity index (χ2v) is 5.17. The fraction of sp³-hybridized carbons (Fsp3) is 0.333. The SMILES string of the molecule is CCN1CCN(C(=O)NC([C]=S)c2ccc(O)cc2)C(=O)C1=O. The van der Waals surface area contributed by atoms with Gasteiger partial charge in [0.2, 0.25) is 0 Å². The summed E-state index contributed by atoms with van der Waals surface area (Å²) in [4.78, 5) is 38.3. The van der Waals surface area contributed by atoms with Crippen LogP contribution < -0.4 is 5.32 Å². The van der Waals surface area contributed by atoms with Gasteiger partial charge in [-0.25, -0.2) is 4.79 Å². The average molecular weight is 334 g/mol. The fourth-order valence-electron chi connectivity index (χ4n) is 2.22. The molecule has 1 unspecified atom stereocenters. The molecule has 2 N–H and O–H groups in total. The van der Waals surface area contributed by atoms with Gasteiger partial charge in [-0.05, 0) is 24.6 Å². The van der Waals surface area contributed by atoms with E-state index >= 15 is 0 Å². The van der Waals surface area contributed by atoms with Crippen LogP contribution in [0, 0.1) is 0 Å². The zero-order valence-electron chi connectivity index (χ0n) is 12.5. The van der Waals surface area contributed by atoms with Gasteiger partial charge in [-0.3, -0.25) is 14.5 Å². The number of urea groups is 1. The number of hydrogen-bond acceptors (Lipinski definition) is 5. The van der Waals surface area contributed by atoms with Gasteiger partial charge in [0.25, 0.3) is 0 Å². The molecule has 1 heterocycles. The van der Waals surface area contributed by atoms with Crippen molar-refractivity contribution in [2.75, 3.05) is 19.6 Å². The number of phenolic OH excluding ortho intramolecular Hbond substituents is 1. The quantitative estimate of drug-likeness (QED) is 0.625. The lowest BCUT2D eigenvalue weighted by molar-refractivity contribution is -0.153. The summed E-state index contributed by atoms with van der Waals surface area (Å²) in [6, 6.07) is 4.65. The molecule has 4 amide bonds. The Labute approximate surface area is 138 Å². The van der Waals surface area contributed by atoms with Gasteiger partial charge in [0.15, 0.2) is 0 Å². The van der Waals surface area contributed by atoms with Gasteiger partial charge in [-0.1, -0.05) is 24.4 Å². The molecule has 1 aromatic carbocycles. The molecule has 0 aromatic heterocycles. The van der Waals surface area contributed by atoms with E-state index in [2.05, 4.69) is 10.7 Å². The first-order valence-corrected chi connectivity index (χ1v) is 7.46. The van der Waals surface area contributed by atoms with E-state index in [1.165, 1.54) is 17.0 Å². The minimum Gasteiger partial charge on any atom is -0.508 e. The highest BCUT2D eigenvalue weighted by Crippen LogP contribution is 2.16. The molecule has 0 aliphatic carbocycles. The van der Waals surface area contributed by atoms with Crippen LogP contribution in [0.3, 0.4) is 0 Å². The lowest BCUT2D eigenvalue weighted by Crippen LogP contribution is -2.58. The van der Waals surface area contributed by atoms with Crippen LogP contribution in [0.4, 0.5) is 4.79 Å². The Balaban J connectivity index is 2.08. The number of nitrogens with zero attached hydrogens (tertiary/aromatic N) is 2. The lowest BCUT2D eigenvalue weighted by atomic mass is 10.1. The van der Waals surface area contributed by atoms with E-state index in [0.29, 0.717) is 18.7 Å². The molecule has 23 heavy (non-hydrogen) atoms. The third-order valence-corrected chi connectivity index (χ3v) is 3.78. The number of rotatable bonds is 4. The number of hydrogen-bond donors (Lipinski definition) is 2. The lowest BCUT2D eigenvalue weighted by Gasteiger charge is -2.32. The molecule has 0 saturated carbocycles. The Bertz CT molecular complexity index is 632. The minimum atomic E-state index is -0.857. The summed E-state index contributed by atoms with van der Waals surface area (Å²) in [6.07, 6.45) is 0. The molecule has 0 spiro atoms. The number of carbonyl (C=O) groups excluding carboxylic acids is 3. The third-order valence-electron chi connectivity index (χ3n) is 3.55. The van der Waals surface area contributed by atoms with Crippen LogP contribution in [-0.4, -0.2) is 57.8 Å². The van der Waals surface area contributed by atoms with Gasteiger partial charge in [0.05, 0.1) is 11.4 Å². The molecule has 8 heteroatoms.